The minimum absolute atomic E-state index is 0. The molecule has 1 unspecified atom stereocenters. The van der Waals surface area contributed by atoms with Gasteiger partial charge in [0.2, 0.25) is 0 Å². The van der Waals surface area contributed by atoms with Crippen LogP contribution in [-0.2, 0) is 25.5 Å². The summed E-state index contributed by atoms with van der Waals surface area (Å²) in [7, 11) is 1.29. The van der Waals surface area contributed by atoms with Gasteiger partial charge < -0.3 is 34.8 Å². The standard InChI is InChI=1S/C53H69N4O6.Mg/c1-11-14-17-30(4)18-15-19-31(5)20-16-21-32(6)24-25-63-46(59)23-22-38-34(8)41-26-40-33(7)36(12-2)43(54-40)28-45-39(29-58)37(13-3)44(55-45)27-42-35(9)47-51(57-42)48(50(38)56-41)49(52(47)60)53(61)62-10;/h12,24,26-31,34,38,49-50,56H,2,11,13-23,25H2,1,3-10H3,(H,58,60);/q-3;+2/b32-24+,41-26-,45-28-;/t30-,31-,34+,38+,49-,50?;/m1./s1. The summed E-state index contributed by atoms with van der Waals surface area (Å²) >= 11 is 0. The van der Waals surface area contributed by atoms with Crippen molar-refractivity contribution < 1.29 is 29.0 Å². The topological polar surface area (TPSA) is 144 Å². The number of fused-ring (bicyclic) bond motifs is 8. The van der Waals surface area contributed by atoms with E-state index in [2.05, 4.69) is 46.5 Å². The van der Waals surface area contributed by atoms with Gasteiger partial charge in [0.25, 0.3) is 0 Å². The average molecular weight is 882 g/mol. The zero-order chi connectivity index (χ0) is 45.5. The first kappa shape index (κ1) is 50.5. The van der Waals surface area contributed by atoms with Gasteiger partial charge in [-0.1, -0.05) is 133 Å². The number of carbonyl (C=O) groups excluding carboxylic acids is 3. The molecule has 0 aromatic carbocycles. The number of carbonyl (C=O) groups is 3. The van der Waals surface area contributed by atoms with Gasteiger partial charge in [-0.25, -0.2) is 0 Å². The van der Waals surface area contributed by atoms with Crippen LogP contribution in [0.4, 0.5) is 0 Å². The van der Waals surface area contributed by atoms with Crippen molar-refractivity contribution >= 4 is 76.9 Å². The number of esters is 2. The maximum atomic E-state index is 14.4. The van der Waals surface area contributed by atoms with E-state index in [0.29, 0.717) is 68.1 Å². The Morgan fingerprint density at radius 2 is 1.61 bits per heavy atom. The number of unbranched alkanes of at least 4 members (excludes halogenated alkanes) is 1. The van der Waals surface area contributed by atoms with Gasteiger partial charge in [-0.3, -0.25) is 14.4 Å². The minimum atomic E-state index is -1.19. The molecule has 0 saturated carbocycles. The number of rotatable bonds is 19. The molecule has 10 nitrogen and oxygen atoms in total. The van der Waals surface area contributed by atoms with Crippen LogP contribution in [0.1, 0.15) is 162 Å². The Morgan fingerprint density at radius 3 is 2.27 bits per heavy atom. The zero-order valence-corrected chi connectivity index (χ0v) is 41.3. The quantitative estimate of drug-likeness (QED) is 0.0575. The second-order valence-electron chi connectivity index (χ2n) is 18.4. The molecule has 5 heterocycles. The number of methoxy groups -OCH3 is 1. The van der Waals surface area contributed by atoms with Gasteiger partial charge in [-0.05, 0) is 86.6 Å². The predicted molar refractivity (Wildman–Crippen MR) is 257 cm³/mol. The van der Waals surface area contributed by atoms with Crippen LogP contribution < -0.4 is 41.5 Å². The third-order valence-electron chi connectivity index (χ3n) is 14.0. The number of ether oxygens (including phenoxy) is 2. The predicted octanol–water partition coefficient (Wildman–Crippen LogP) is 6.74. The Morgan fingerprint density at radius 1 is 0.922 bits per heavy atom. The number of nitrogens with zero attached hydrogens (tertiary/aromatic N) is 3. The van der Waals surface area contributed by atoms with Gasteiger partial charge >= 0.3 is 35.0 Å². The maximum absolute atomic E-state index is 14.4. The molecule has 0 radical (unpaired) electrons. The summed E-state index contributed by atoms with van der Waals surface area (Å²) in [5.41, 5.74) is 8.30. The molecule has 2 aliphatic heterocycles. The number of allylic oxidation sites excluding steroid dienone is 2. The Hall–Kier alpha value is -4.48. The molecule has 2 N–H and O–H groups in total. The van der Waals surface area contributed by atoms with E-state index in [1.54, 1.807) is 6.08 Å². The maximum Gasteiger partial charge on any atom is 2.00 e. The monoisotopic (exact) mass is 882 g/mol. The van der Waals surface area contributed by atoms with Crippen LogP contribution in [0.2, 0.25) is 0 Å². The molecule has 1 saturated heterocycles. The molecule has 11 heteroatoms. The van der Waals surface area contributed by atoms with Crippen molar-refractivity contribution in [2.75, 3.05) is 13.7 Å². The van der Waals surface area contributed by atoms with Crippen LogP contribution in [0.25, 0.3) is 36.1 Å². The van der Waals surface area contributed by atoms with Crippen LogP contribution >= 0.6 is 0 Å². The van der Waals surface area contributed by atoms with E-state index >= 15 is 0 Å². The summed E-state index contributed by atoms with van der Waals surface area (Å²) in [6.07, 6.45) is 23.0. The van der Waals surface area contributed by atoms with E-state index in [1.165, 1.54) is 57.6 Å². The molecule has 64 heavy (non-hydrogen) atoms. The molecule has 3 aromatic rings. The average Bonchev–Trinajstić information content (AvgIpc) is 4.01. The fourth-order valence-corrected chi connectivity index (χ4v) is 10.1. The van der Waals surface area contributed by atoms with Crippen LogP contribution in [0, 0.1) is 43.4 Å². The largest absolute Gasteiger partial charge is 2.00 e. The summed E-state index contributed by atoms with van der Waals surface area (Å²) < 4.78 is 11.1. The molecule has 6 atom stereocenters. The van der Waals surface area contributed by atoms with Crippen LogP contribution in [0.5, 0.6) is 0 Å². The second kappa shape index (κ2) is 22.6. The summed E-state index contributed by atoms with van der Waals surface area (Å²) in [5.74, 6) is -1.29. The number of nitrogens with one attached hydrogen (secondary N) is 1. The fraction of sp³-hybridized carbons (Fsp3) is 0.528. The Labute approximate surface area is 396 Å². The summed E-state index contributed by atoms with van der Waals surface area (Å²) in [6.45, 7) is 21.4. The number of aliphatic hydroxyl groups excluding tert-OH is 1. The third-order valence-corrected chi connectivity index (χ3v) is 14.0. The number of aromatic nitrogens is 3. The Bertz CT molecular complexity index is 2520. The zero-order valence-electron chi connectivity index (χ0n) is 39.9. The summed E-state index contributed by atoms with van der Waals surface area (Å²) in [4.78, 5) is 56.5. The summed E-state index contributed by atoms with van der Waals surface area (Å²) in [6, 6.07) is -0.525. The van der Waals surface area contributed by atoms with Crippen molar-refractivity contribution in [3.8, 4) is 0 Å². The van der Waals surface area contributed by atoms with E-state index in [1.807, 2.05) is 45.1 Å². The SMILES string of the molecule is C=Cc1c2[n-]c(c1C)/C=C1\NC(C3=c4[n-]/c(c(C)c4C(=O)[C@@H]3C(=O)OC)=C\c3[n-]c(/c(=C\O)c3CC)=C\2)[C@@H](CCC(=O)OC/C=C(\C)CCC[C@H](C)CCC[C@H](C)CCCC)[C@@H]1C.[Mg+2]. The number of hydrogen-bond acceptors (Lipinski definition) is 7. The van der Waals surface area contributed by atoms with Crippen molar-refractivity contribution in [2.24, 2.45) is 29.6 Å². The molecule has 0 amide bonds. The van der Waals surface area contributed by atoms with Gasteiger partial charge in [-0.15, -0.1) is 33.1 Å². The Kier molecular flexibility index (Phi) is 17.9. The number of Topliss-reactive ketones (excluding diaryl/α,β-unsaturated/α-hetero) is 1. The number of hydrogen-bond donors (Lipinski definition) is 2. The molecule has 340 valence electrons. The minimum Gasteiger partial charge on any atom is -0.657 e. The van der Waals surface area contributed by atoms with Crippen molar-refractivity contribution in [3.63, 3.8) is 0 Å². The first-order chi connectivity index (χ1) is 30.3. The normalized spacial score (nSPS) is 22.0. The van der Waals surface area contributed by atoms with Gasteiger partial charge in [0, 0.05) is 23.6 Å². The molecular formula is C53H69MgN4O6-. The van der Waals surface area contributed by atoms with E-state index in [9.17, 15) is 19.5 Å². The molecule has 3 aromatic heterocycles. The molecule has 6 rings (SSSR count). The van der Waals surface area contributed by atoms with Gasteiger partial charge in [-0.2, -0.15) is 0 Å². The van der Waals surface area contributed by atoms with Crippen molar-refractivity contribution in [1.82, 2.24) is 20.3 Å². The smallest absolute Gasteiger partial charge is 0.657 e. The Balaban J connectivity index is 0.00000771. The third kappa shape index (κ3) is 10.8. The second-order valence-corrected chi connectivity index (χ2v) is 18.4. The number of ketones is 1. The molecule has 1 aliphatic carbocycles. The first-order valence-corrected chi connectivity index (χ1v) is 23.4. The molecule has 1 fully saturated rings. The van der Waals surface area contributed by atoms with Crippen molar-refractivity contribution in [3.05, 3.63) is 90.1 Å². The van der Waals surface area contributed by atoms with E-state index in [-0.39, 0.29) is 59.7 Å². The van der Waals surface area contributed by atoms with E-state index in [0.717, 1.165) is 53.1 Å². The number of aliphatic hydroxyl groups is 1. The van der Waals surface area contributed by atoms with E-state index in [4.69, 9.17) is 24.4 Å². The molecule has 3 aliphatic rings. The van der Waals surface area contributed by atoms with Crippen LogP contribution in [-0.4, -0.2) is 65.6 Å². The van der Waals surface area contributed by atoms with E-state index < -0.39 is 17.9 Å². The molecule has 0 spiro atoms. The van der Waals surface area contributed by atoms with Gasteiger partial charge in [0.1, 0.15) is 12.5 Å². The first-order valence-electron chi connectivity index (χ1n) is 23.4. The summed E-state index contributed by atoms with van der Waals surface area (Å²) in [5, 5.41) is 16.3. The fourth-order valence-electron chi connectivity index (χ4n) is 10.1. The van der Waals surface area contributed by atoms with Gasteiger partial charge in [0.15, 0.2) is 5.78 Å². The van der Waals surface area contributed by atoms with Crippen molar-refractivity contribution in [1.29, 1.82) is 0 Å². The van der Waals surface area contributed by atoms with Crippen LogP contribution in [0.15, 0.2) is 23.9 Å². The van der Waals surface area contributed by atoms with Gasteiger partial charge in [0.05, 0.1) is 19.4 Å². The molecular weight excluding hydrogens is 813 g/mol. The molecule has 8 bridgehead atoms. The van der Waals surface area contributed by atoms with Crippen LogP contribution in [0.3, 0.4) is 0 Å². The van der Waals surface area contributed by atoms with Crippen molar-refractivity contribution in [2.45, 2.75) is 138 Å².